The highest BCUT2D eigenvalue weighted by molar-refractivity contribution is 4.73. The number of nitrogens with zero attached hydrogens (tertiary/aromatic N) is 2. The highest BCUT2D eigenvalue weighted by Crippen LogP contribution is 2.19. The fourth-order valence-corrected chi connectivity index (χ4v) is 2.46. The van der Waals surface area contributed by atoms with Crippen LogP contribution in [-0.2, 0) is 11.3 Å². The van der Waals surface area contributed by atoms with Gasteiger partial charge in [-0.25, -0.2) is 4.98 Å². The van der Waals surface area contributed by atoms with Crippen LogP contribution in [0.3, 0.4) is 0 Å². The highest BCUT2D eigenvalue weighted by Gasteiger charge is 2.12. The largest absolute Gasteiger partial charge is 0.377 e. The molecular formula is C14H25N3O. The first-order chi connectivity index (χ1) is 8.95. The van der Waals surface area contributed by atoms with Gasteiger partial charge in [0, 0.05) is 25.5 Å². The maximum Gasteiger partial charge on any atom is 0.0945 e. The normalized spacial score (nSPS) is 17.1. The van der Waals surface area contributed by atoms with Gasteiger partial charge in [-0.3, -0.25) is 0 Å². The van der Waals surface area contributed by atoms with Gasteiger partial charge in [-0.15, -0.1) is 0 Å². The Morgan fingerprint density at radius 1 is 1.22 bits per heavy atom. The minimum absolute atomic E-state index is 0.534. The summed E-state index contributed by atoms with van der Waals surface area (Å²) < 4.78 is 7.97. The highest BCUT2D eigenvalue weighted by atomic mass is 16.5. The average Bonchev–Trinajstić information content (AvgIpc) is 2.92. The number of aromatic nitrogens is 2. The van der Waals surface area contributed by atoms with Crippen LogP contribution in [-0.4, -0.2) is 35.4 Å². The summed E-state index contributed by atoms with van der Waals surface area (Å²) >= 11 is 0. The van der Waals surface area contributed by atoms with Crippen LogP contribution in [0.4, 0.5) is 0 Å². The molecule has 1 N–H and O–H groups in total. The Morgan fingerprint density at radius 2 is 2.11 bits per heavy atom. The molecule has 0 amide bonds. The molecule has 4 heteroatoms. The van der Waals surface area contributed by atoms with Crippen LogP contribution in [0.1, 0.15) is 38.5 Å². The average molecular weight is 251 g/mol. The number of hydrogen-bond acceptors (Lipinski definition) is 3. The maximum atomic E-state index is 5.86. The summed E-state index contributed by atoms with van der Waals surface area (Å²) in [5, 5.41) is 3.43. The third-order valence-corrected chi connectivity index (χ3v) is 3.51. The van der Waals surface area contributed by atoms with Crippen LogP contribution in [0.5, 0.6) is 0 Å². The van der Waals surface area contributed by atoms with Crippen molar-refractivity contribution in [3.8, 4) is 0 Å². The van der Waals surface area contributed by atoms with Crippen molar-refractivity contribution in [1.82, 2.24) is 14.9 Å². The molecule has 0 atom stereocenters. The van der Waals surface area contributed by atoms with E-state index in [9.17, 15) is 0 Å². The zero-order chi connectivity index (χ0) is 12.5. The number of imidazole rings is 1. The minimum Gasteiger partial charge on any atom is -0.377 e. The van der Waals surface area contributed by atoms with Crippen molar-refractivity contribution in [3.05, 3.63) is 18.7 Å². The predicted octanol–water partition coefficient (Wildman–Crippen LogP) is 2.21. The number of rotatable bonds is 8. The lowest BCUT2D eigenvalue weighted by molar-refractivity contribution is 0.0303. The molecule has 0 aromatic carbocycles. The minimum atomic E-state index is 0.534. The summed E-state index contributed by atoms with van der Waals surface area (Å²) in [6.07, 6.45) is 14.0. The van der Waals surface area contributed by atoms with Gasteiger partial charge in [-0.1, -0.05) is 19.3 Å². The summed E-state index contributed by atoms with van der Waals surface area (Å²) in [6.45, 7) is 3.92. The summed E-state index contributed by atoms with van der Waals surface area (Å²) in [5.41, 5.74) is 0. The fraction of sp³-hybridized carbons (Fsp3) is 0.786. The van der Waals surface area contributed by atoms with E-state index in [2.05, 4.69) is 14.9 Å². The maximum absolute atomic E-state index is 5.86. The van der Waals surface area contributed by atoms with E-state index in [4.69, 9.17) is 4.74 Å². The Bertz CT molecular complexity index is 294. The number of ether oxygens (including phenoxy) is 1. The van der Waals surface area contributed by atoms with E-state index >= 15 is 0 Å². The summed E-state index contributed by atoms with van der Waals surface area (Å²) in [4.78, 5) is 4.02. The van der Waals surface area contributed by atoms with Crippen molar-refractivity contribution < 1.29 is 4.74 Å². The molecule has 1 aliphatic rings. The first-order valence-electron chi connectivity index (χ1n) is 7.23. The molecule has 0 aliphatic heterocycles. The second-order valence-corrected chi connectivity index (χ2v) is 5.03. The predicted molar refractivity (Wildman–Crippen MR) is 72.5 cm³/mol. The van der Waals surface area contributed by atoms with E-state index in [0.717, 1.165) is 32.7 Å². The molecule has 0 radical (unpaired) electrons. The van der Waals surface area contributed by atoms with Crippen molar-refractivity contribution in [2.45, 2.75) is 51.2 Å². The van der Waals surface area contributed by atoms with E-state index in [0.29, 0.717) is 6.10 Å². The molecule has 1 aromatic rings. The summed E-state index contributed by atoms with van der Waals surface area (Å²) in [7, 11) is 0. The summed E-state index contributed by atoms with van der Waals surface area (Å²) in [5.74, 6) is 0. The van der Waals surface area contributed by atoms with Crippen LogP contribution in [0, 0.1) is 0 Å². The molecule has 102 valence electrons. The van der Waals surface area contributed by atoms with Crippen molar-refractivity contribution in [2.75, 3.05) is 19.7 Å². The van der Waals surface area contributed by atoms with Gasteiger partial charge in [0.05, 0.1) is 19.0 Å². The molecule has 0 saturated heterocycles. The van der Waals surface area contributed by atoms with Gasteiger partial charge >= 0.3 is 0 Å². The van der Waals surface area contributed by atoms with Crippen LogP contribution < -0.4 is 5.32 Å². The lowest BCUT2D eigenvalue weighted by Gasteiger charge is -2.22. The van der Waals surface area contributed by atoms with Crippen LogP contribution in [0.25, 0.3) is 0 Å². The monoisotopic (exact) mass is 251 g/mol. The molecule has 2 rings (SSSR count). The quantitative estimate of drug-likeness (QED) is 0.720. The molecule has 1 heterocycles. The van der Waals surface area contributed by atoms with Gasteiger partial charge in [0.15, 0.2) is 0 Å². The van der Waals surface area contributed by atoms with Gasteiger partial charge in [-0.05, 0) is 25.8 Å². The van der Waals surface area contributed by atoms with Crippen LogP contribution in [0.2, 0.25) is 0 Å². The first kappa shape index (κ1) is 13.6. The van der Waals surface area contributed by atoms with Gasteiger partial charge < -0.3 is 14.6 Å². The van der Waals surface area contributed by atoms with Gasteiger partial charge in [0.2, 0.25) is 0 Å². The molecule has 0 bridgehead atoms. The SMILES string of the molecule is c1cn(CCCNCCOC2CCCCC2)cn1. The Hall–Kier alpha value is -0.870. The molecule has 0 spiro atoms. The molecule has 0 unspecified atom stereocenters. The molecular weight excluding hydrogens is 226 g/mol. The van der Waals surface area contributed by atoms with Crippen LogP contribution in [0.15, 0.2) is 18.7 Å². The number of hydrogen-bond donors (Lipinski definition) is 1. The van der Waals surface area contributed by atoms with E-state index in [1.165, 1.54) is 32.1 Å². The zero-order valence-electron chi connectivity index (χ0n) is 11.2. The first-order valence-corrected chi connectivity index (χ1v) is 7.23. The Morgan fingerprint density at radius 3 is 2.89 bits per heavy atom. The zero-order valence-corrected chi connectivity index (χ0v) is 11.2. The van der Waals surface area contributed by atoms with Gasteiger partial charge in [-0.2, -0.15) is 0 Å². The van der Waals surface area contributed by atoms with Crippen molar-refractivity contribution in [2.24, 2.45) is 0 Å². The second-order valence-electron chi connectivity index (χ2n) is 5.03. The Kier molecular flexibility index (Phi) is 6.23. The number of nitrogens with one attached hydrogen (secondary N) is 1. The number of aryl methyl sites for hydroxylation is 1. The van der Waals surface area contributed by atoms with E-state index in [1.54, 1.807) is 0 Å². The van der Waals surface area contributed by atoms with E-state index in [1.807, 2.05) is 18.7 Å². The third kappa shape index (κ3) is 5.19. The topological polar surface area (TPSA) is 39.1 Å². The Balaban J connectivity index is 1.39. The summed E-state index contributed by atoms with van der Waals surface area (Å²) in [6, 6.07) is 0. The third-order valence-electron chi connectivity index (χ3n) is 3.51. The van der Waals surface area contributed by atoms with Crippen molar-refractivity contribution in [3.63, 3.8) is 0 Å². The van der Waals surface area contributed by atoms with E-state index in [-0.39, 0.29) is 0 Å². The fourth-order valence-electron chi connectivity index (χ4n) is 2.46. The standard InChI is InChI=1S/C14H25N3O/c1-2-5-14(6-3-1)18-12-9-15-7-4-10-17-11-8-16-13-17/h8,11,13-15H,1-7,9-10,12H2. The molecule has 1 fully saturated rings. The van der Waals surface area contributed by atoms with Crippen LogP contribution >= 0.6 is 0 Å². The smallest absolute Gasteiger partial charge is 0.0945 e. The lowest BCUT2D eigenvalue weighted by Crippen LogP contribution is -2.25. The molecule has 1 aliphatic carbocycles. The lowest BCUT2D eigenvalue weighted by atomic mass is 9.98. The molecule has 1 saturated carbocycles. The van der Waals surface area contributed by atoms with Gasteiger partial charge in [0.25, 0.3) is 0 Å². The molecule has 4 nitrogen and oxygen atoms in total. The molecule has 18 heavy (non-hydrogen) atoms. The van der Waals surface area contributed by atoms with Gasteiger partial charge in [0.1, 0.15) is 0 Å². The second kappa shape index (κ2) is 8.27. The Labute approximate surface area is 110 Å². The van der Waals surface area contributed by atoms with E-state index < -0.39 is 0 Å². The molecule has 1 aromatic heterocycles. The van der Waals surface area contributed by atoms with Crippen molar-refractivity contribution >= 4 is 0 Å². The van der Waals surface area contributed by atoms with Crippen molar-refractivity contribution in [1.29, 1.82) is 0 Å².